The van der Waals surface area contributed by atoms with Crippen molar-refractivity contribution in [2.75, 3.05) is 13.1 Å². The Balaban J connectivity index is 1.44. The summed E-state index contributed by atoms with van der Waals surface area (Å²) in [6.45, 7) is 5.52. The number of likely N-dealkylation sites (tertiary alicyclic amines) is 1. The number of aromatic nitrogens is 4. The zero-order valence-corrected chi connectivity index (χ0v) is 15.9. The molecule has 3 aromatic heterocycles. The molecule has 1 fully saturated rings. The molecule has 138 valence electrons. The molecule has 0 aromatic carbocycles. The van der Waals surface area contributed by atoms with Gasteiger partial charge in [0.2, 0.25) is 0 Å². The molecule has 1 aliphatic heterocycles. The Morgan fingerprint density at radius 2 is 1.93 bits per heavy atom. The molecular weight excluding hydrogens is 362 g/mol. The third kappa shape index (κ3) is 3.52. The molecule has 1 saturated heterocycles. The highest BCUT2D eigenvalue weighted by atomic mass is 32.1. The van der Waals surface area contributed by atoms with Crippen molar-refractivity contribution in [3.63, 3.8) is 0 Å². The van der Waals surface area contributed by atoms with E-state index in [1.54, 1.807) is 18.5 Å². The van der Waals surface area contributed by atoms with E-state index in [1.165, 1.54) is 22.1 Å². The second-order valence-corrected chi connectivity index (χ2v) is 7.90. The van der Waals surface area contributed by atoms with Crippen LogP contribution in [0.4, 0.5) is 0 Å². The van der Waals surface area contributed by atoms with Crippen molar-refractivity contribution in [1.29, 1.82) is 0 Å². The Bertz CT molecular complexity index is 1040. The van der Waals surface area contributed by atoms with Crippen LogP contribution in [0.5, 0.6) is 0 Å². The summed E-state index contributed by atoms with van der Waals surface area (Å²) in [7, 11) is 0. The average Bonchev–Trinajstić information content (AvgIpc) is 2.97. The van der Waals surface area contributed by atoms with Crippen molar-refractivity contribution >= 4 is 17.2 Å². The fourth-order valence-electron chi connectivity index (χ4n) is 3.23. The average molecular weight is 381 g/mol. The molecule has 8 heteroatoms. The van der Waals surface area contributed by atoms with Gasteiger partial charge < -0.3 is 4.90 Å². The lowest BCUT2D eigenvalue weighted by Crippen LogP contribution is -2.52. The maximum absolute atomic E-state index is 12.6. The number of pyridine rings is 1. The zero-order valence-electron chi connectivity index (χ0n) is 15.1. The second-order valence-electron chi connectivity index (χ2n) is 6.70. The van der Waals surface area contributed by atoms with E-state index in [-0.39, 0.29) is 17.4 Å². The van der Waals surface area contributed by atoms with Crippen LogP contribution in [-0.2, 0) is 6.54 Å². The van der Waals surface area contributed by atoms with Gasteiger partial charge in [0.1, 0.15) is 4.88 Å². The molecule has 0 spiro atoms. The van der Waals surface area contributed by atoms with Crippen LogP contribution in [-0.4, -0.2) is 43.6 Å². The van der Waals surface area contributed by atoms with Crippen LogP contribution in [0.3, 0.4) is 0 Å². The van der Waals surface area contributed by atoms with Crippen LogP contribution in [0.1, 0.15) is 20.4 Å². The Morgan fingerprint density at radius 1 is 1.19 bits per heavy atom. The van der Waals surface area contributed by atoms with E-state index in [1.807, 2.05) is 30.9 Å². The van der Waals surface area contributed by atoms with Crippen molar-refractivity contribution in [1.82, 2.24) is 24.6 Å². The van der Waals surface area contributed by atoms with Gasteiger partial charge in [-0.3, -0.25) is 14.6 Å². The van der Waals surface area contributed by atoms with E-state index in [9.17, 15) is 9.59 Å². The second kappa shape index (κ2) is 7.03. The zero-order chi connectivity index (χ0) is 19.0. The lowest BCUT2D eigenvalue weighted by atomic mass is 10.00. The molecule has 0 aliphatic carbocycles. The van der Waals surface area contributed by atoms with Crippen molar-refractivity contribution in [3.8, 4) is 11.3 Å². The Labute approximate surface area is 160 Å². The predicted molar refractivity (Wildman–Crippen MR) is 103 cm³/mol. The van der Waals surface area contributed by atoms with Gasteiger partial charge >= 0.3 is 0 Å². The maximum Gasteiger partial charge on any atom is 0.266 e. The number of hydrogen-bond donors (Lipinski definition) is 0. The summed E-state index contributed by atoms with van der Waals surface area (Å²) in [6, 6.07) is 6.98. The van der Waals surface area contributed by atoms with Gasteiger partial charge in [0.25, 0.3) is 11.5 Å². The first-order chi connectivity index (χ1) is 13.0. The maximum atomic E-state index is 12.6. The fraction of sp³-hybridized carbons (Fsp3) is 0.316. The van der Waals surface area contributed by atoms with Gasteiger partial charge in [0.05, 0.1) is 22.9 Å². The van der Waals surface area contributed by atoms with Gasteiger partial charge in [-0.2, -0.15) is 5.10 Å². The number of aryl methyl sites for hydroxylation is 2. The van der Waals surface area contributed by atoms with E-state index in [0.29, 0.717) is 24.5 Å². The molecule has 0 radical (unpaired) electrons. The van der Waals surface area contributed by atoms with E-state index in [2.05, 4.69) is 15.1 Å². The van der Waals surface area contributed by atoms with Crippen molar-refractivity contribution in [2.24, 2.45) is 5.92 Å². The highest BCUT2D eigenvalue weighted by molar-refractivity contribution is 7.13. The summed E-state index contributed by atoms with van der Waals surface area (Å²) in [5, 5.41) is 5.37. The minimum Gasteiger partial charge on any atom is -0.337 e. The van der Waals surface area contributed by atoms with Crippen molar-refractivity contribution in [2.45, 2.75) is 20.4 Å². The SMILES string of the molecule is Cc1nc(C)c(C(=O)N2CC(Cn3nc(-c4ccncc4)ccc3=O)C2)s1. The normalized spacial score (nSPS) is 14.2. The molecule has 1 amide bonds. The van der Waals surface area contributed by atoms with Gasteiger partial charge in [0, 0.05) is 43.0 Å². The molecule has 0 N–H and O–H groups in total. The van der Waals surface area contributed by atoms with E-state index >= 15 is 0 Å². The molecular formula is C19H19N5O2S. The molecule has 0 bridgehead atoms. The summed E-state index contributed by atoms with van der Waals surface area (Å²) in [5.41, 5.74) is 2.31. The highest BCUT2D eigenvalue weighted by Gasteiger charge is 2.33. The van der Waals surface area contributed by atoms with Crippen LogP contribution in [0, 0.1) is 19.8 Å². The third-order valence-electron chi connectivity index (χ3n) is 4.62. The molecule has 4 heterocycles. The quantitative estimate of drug-likeness (QED) is 0.692. The van der Waals surface area contributed by atoms with Gasteiger partial charge in [-0.1, -0.05) is 0 Å². The van der Waals surface area contributed by atoms with Crippen LogP contribution in [0.15, 0.2) is 41.5 Å². The third-order valence-corrected chi connectivity index (χ3v) is 5.68. The number of hydrogen-bond acceptors (Lipinski definition) is 6. The summed E-state index contributed by atoms with van der Waals surface area (Å²) >= 11 is 1.43. The Morgan fingerprint density at radius 3 is 2.59 bits per heavy atom. The first kappa shape index (κ1) is 17.5. The number of carbonyl (C=O) groups excluding carboxylic acids is 1. The van der Waals surface area contributed by atoms with Crippen LogP contribution >= 0.6 is 11.3 Å². The number of carbonyl (C=O) groups is 1. The number of thiazole rings is 1. The standard InChI is InChI=1S/C19H19N5O2S/c1-12-18(27-13(2)21-12)19(26)23-9-14(10-23)11-24-17(25)4-3-16(22-24)15-5-7-20-8-6-15/h3-8,14H,9-11H2,1-2H3. The van der Waals surface area contributed by atoms with Gasteiger partial charge in [0.15, 0.2) is 0 Å². The summed E-state index contributed by atoms with van der Waals surface area (Å²) in [4.78, 5) is 35.6. The molecule has 0 saturated carbocycles. The lowest BCUT2D eigenvalue weighted by molar-refractivity contribution is 0.0462. The van der Waals surface area contributed by atoms with Gasteiger partial charge in [-0.15, -0.1) is 11.3 Å². The number of rotatable bonds is 4. The molecule has 1 aliphatic rings. The monoisotopic (exact) mass is 381 g/mol. The minimum atomic E-state index is -0.133. The number of nitrogens with zero attached hydrogens (tertiary/aromatic N) is 5. The molecule has 0 unspecified atom stereocenters. The van der Waals surface area contributed by atoms with Crippen LogP contribution in [0.2, 0.25) is 0 Å². The number of amides is 1. The lowest BCUT2D eigenvalue weighted by Gasteiger charge is -2.39. The van der Waals surface area contributed by atoms with E-state index < -0.39 is 0 Å². The molecule has 27 heavy (non-hydrogen) atoms. The highest BCUT2D eigenvalue weighted by Crippen LogP contribution is 2.25. The summed E-state index contributed by atoms with van der Waals surface area (Å²) < 4.78 is 1.49. The van der Waals surface area contributed by atoms with E-state index in [4.69, 9.17) is 0 Å². The van der Waals surface area contributed by atoms with Crippen LogP contribution in [0.25, 0.3) is 11.3 Å². The summed E-state index contributed by atoms with van der Waals surface area (Å²) in [6.07, 6.45) is 3.40. The first-order valence-electron chi connectivity index (χ1n) is 8.73. The molecule has 3 aromatic rings. The molecule has 0 atom stereocenters. The predicted octanol–water partition coefficient (Wildman–Crippen LogP) is 2.15. The van der Waals surface area contributed by atoms with Crippen molar-refractivity contribution in [3.05, 3.63) is 62.6 Å². The smallest absolute Gasteiger partial charge is 0.266 e. The topological polar surface area (TPSA) is 81.0 Å². The Kier molecular flexibility index (Phi) is 4.57. The minimum absolute atomic E-state index is 0.0280. The van der Waals surface area contributed by atoms with Gasteiger partial charge in [-0.25, -0.2) is 9.67 Å². The Hall–Kier alpha value is -2.87. The largest absolute Gasteiger partial charge is 0.337 e. The summed E-state index contributed by atoms with van der Waals surface area (Å²) in [5.74, 6) is 0.251. The van der Waals surface area contributed by atoms with Crippen molar-refractivity contribution < 1.29 is 4.79 Å². The van der Waals surface area contributed by atoms with E-state index in [0.717, 1.165) is 22.0 Å². The molecule has 4 rings (SSSR count). The van der Waals surface area contributed by atoms with Gasteiger partial charge in [-0.05, 0) is 32.0 Å². The van der Waals surface area contributed by atoms with Crippen LogP contribution < -0.4 is 5.56 Å². The fourth-order valence-corrected chi connectivity index (χ4v) is 4.11. The first-order valence-corrected chi connectivity index (χ1v) is 9.55. The molecule has 7 nitrogen and oxygen atoms in total.